The van der Waals surface area contributed by atoms with Crippen LogP contribution in [0.25, 0.3) is 10.9 Å². The van der Waals surface area contributed by atoms with E-state index in [0.717, 1.165) is 16.5 Å². The maximum absolute atomic E-state index is 11.7. The fourth-order valence-electron chi connectivity index (χ4n) is 2.06. The first kappa shape index (κ1) is 14.3. The van der Waals surface area contributed by atoms with Gasteiger partial charge in [0, 0.05) is 29.9 Å². The summed E-state index contributed by atoms with van der Waals surface area (Å²) < 4.78 is 4.70. The highest BCUT2D eigenvalue weighted by molar-refractivity contribution is 5.89. The van der Waals surface area contributed by atoms with Crippen LogP contribution in [0.4, 0.5) is 0 Å². The predicted molar refractivity (Wildman–Crippen MR) is 76.0 cm³/mol. The average Bonchev–Trinajstić information content (AvgIpc) is 2.82. The highest BCUT2D eigenvalue weighted by Gasteiger charge is 2.20. The number of carbonyl (C=O) groups excluding carboxylic acids is 2. The molecule has 0 aliphatic heterocycles. The van der Waals surface area contributed by atoms with Gasteiger partial charge < -0.3 is 15.5 Å². The largest absolute Gasteiger partial charge is 0.392 e. The SMILES string of the molecule is CCCC(=O)OC(=O)[C@@H](N)Cc1c[nH]c2ccccc12. The lowest BCUT2D eigenvalue weighted by Gasteiger charge is -2.09. The van der Waals surface area contributed by atoms with Crippen molar-refractivity contribution >= 4 is 22.8 Å². The summed E-state index contributed by atoms with van der Waals surface area (Å²) in [5, 5.41) is 1.02. The minimum atomic E-state index is -0.838. The molecule has 0 aliphatic rings. The Morgan fingerprint density at radius 3 is 2.85 bits per heavy atom. The minimum absolute atomic E-state index is 0.228. The molecule has 1 aromatic carbocycles. The summed E-state index contributed by atoms with van der Waals surface area (Å²) in [5.74, 6) is -1.19. The van der Waals surface area contributed by atoms with Crippen molar-refractivity contribution in [1.29, 1.82) is 0 Å². The number of esters is 2. The lowest BCUT2D eigenvalue weighted by atomic mass is 10.1. The molecule has 0 aliphatic carbocycles. The molecule has 106 valence electrons. The molecule has 0 saturated carbocycles. The smallest absolute Gasteiger partial charge is 0.330 e. The van der Waals surface area contributed by atoms with Crippen LogP contribution in [-0.4, -0.2) is 23.0 Å². The van der Waals surface area contributed by atoms with E-state index < -0.39 is 18.0 Å². The summed E-state index contributed by atoms with van der Waals surface area (Å²) >= 11 is 0. The molecule has 3 N–H and O–H groups in total. The molecule has 2 rings (SSSR count). The van der Waals surface area contributed by atoms with Crippen LogP contribution in [0.1, 0.15) is 25.3 Å². The van der Waals surface area contributed by atoms with Gasteiger partial charge in [-0.15, -0.1) is 0 Å². The Balaban J connectivity index is 2.02. The monoisotopic (exact) mass is 274 g/mol. The Labute approximate surface area is 117 Å². The maximum Gasteiger partial charge on any atom is 0.330 e. The lowest BCUT2D eigenvalue weighted by Crippen LogP contribution is -2.35. The van der Waals surface area contributed by atoms with Gasteiger partial charge in [-0.25, -0.2) is 4.79 Å². The van der Waals surface area contributed by atoms with E-state index in [0.29, 0.717) is 12.8 Å². The summed E-state index contributed by atoms with van der Waals surface area (Å²) in [6.07, 6.45) is 3.03. The number of carbonyl (C=O) groups is 2. The Morgan fingerprint density at radius 1 is 1.35 bits per heavy atom. The average molecular weight is 274 g/mol. The Morgan fingerprint density at radius 2 is 2.10 bits per heavy atom. The van der Waals surface area contributed by atoms with Crippen LogP contribution in [0.3, 0.4) is 0 Å². The molecule has 0 radical (unpaired) electrons. The molecule has 1 aromatic heterocycles. The van der Waals surface area contributed by atoms with Gasteiger partial charge in [-0.1, -0.05) is 25.1 Å². The highest BCUT2D eigenvalue weighted by atomic mass is 16.6. The first-order valence-corrected chi connectivity index (χ1v) is 6.67. The number of aromatic nitrogens is 1. The van der Waals surface area contributed by atoms with Crippen LogP contribution in [0.5, 0.6) is 0 Å². The van der Waals surface area contributed by atoms with Crippen LogP contribution in [0, 0.1) is 0 Å². The van der Waals surface area contributed by atoms with E-state index in [1.54, 1.807) is 0 Å². The zero-order chi connectivity index (χ0) is 14.5. The van der Waals surface area contributed by atoms with E-state index in [9.17, 15) is 9.59 Å². The van der Waals surface area contributed by atoms with Crippen molar-refractivity contribution in [2.75, 3.05) is 0 Å². The van der Waals surface area contributed by atoms with Crippen LogP contribution in [0.15, 0.2) is 30.5 Å². The van der Waals surface area contributed by atoms with Crippen LogP contribution in [0.2, 0.25) is 0 Å². The molecule has 0 fully saturated rings. The molecular formula is C15H18N2O3. The van der Waals surface area contributed by atoms with E-state index in [1.807, 2.05) is 37.4 Å². The van der Waals surface area contributed by atoms with Crippen molar-refractivity contribution in [1.82, 2.24) is 4.98 Å². The zero-order valence-corrected chi connectivity index (χ0v) is 11.4. The van der Waals surface area contributed by atoms with Gasteiger partial charge >= 0.3 is 11.9 Å². The topological polar surface area (TPSA) is 85.2 Å². The molecule has 5 heteroatoms. The second-order valence-electron chi connectivity index (χ2n) is 4.71. The van der Waals surface area contributed by atoms with E-state index in [2.05, 4.69) is 4.98 Å². The van der Waals surface area contributed by atoms with E-state index in [-0.39, 0.29) is 6.42 Å². The van der Waals surface area contributed by atoms with Crippen molar-refractivity contribution in [3.63, 3.8) is 0 Å². The molecule has 0 bridgehead atoms. The number of rotatable bonds is 5. The van der Waals surface area contributed by atoms with Gasteiger partial charge in [-0.05, 0) is 18.1 Å². The molecule has 0 amide bonds. The van der Waals surface area contributed by atoms with Crippen LogP contribution >= 0.6 is 0 Å². The number of ether oxygens (including phenoxy) is 1. The van der Waals surface area contributed by atoms with E-state index >= 15 is 0 Å². The normalized spacial score (nSPS) is 12.3. The van der Waals surface area contributed by atoms with Gasteiger partial charge in [0.25, 0.3) is 0 Å². The fourth-order valence-corrected chi connectivity index (χ4v) is 2.06. The lowest BCUT2D eigenvalue weighted by molar-refractivity contribution is -0.160. The number of benzene rings is 1. The maximum atomic E-state index is 11.7. The number of nitrogens with two attached hydrogens (primary N) is 1. The molecule has 0 saturated heterocycles. The van der Waals surface area contributed by atoms with Crippen molar-refractivity contribution in [3.05, 3.63) is 36.0 Å². The first-order valence-electron chi connectivity index (χ1n) is 6.67. The third kappa shape index (κ3) is 3.24. The molecule has 20 heavy (non-hydrogen) atoms. The van der Waals surface area contributed by atoms with Crippen molar-refractivity contribution in [2.45, 2.75) is 32.2 Å². The summed E-state index contributed by atoms with van der Waals surface area (Å²) in [4.78, 5) is 26.1. The molecule has 0 unspecified atom stereocenters. The van der Waals surface area contributed by atoms with Crippen molar-refractivity contribution in [3.8, 4) is 0 Å². The molecule has 2 aromatic rings. The number of hydrogen-bond donors (Lipinski definition) is 2. The number of aromatic amines is 1. The third-order valence-corrected chi connectivity index (χ3v) is 3.09. The molecule has 1 heterocycles. The minimum Gasteiger partial charge on any atom is -0.392 e. The van der Waals surface area contributed by atoms with Crippen molar-refractivity contribution in [2.24, 2.45) is 5.73 Å². The number of hydrogen-bond acceptors (Lipinski definition) is 4. The van der Waals surface area contributed by atoms with Gasteiger partial charge in [-0.3, -0.25) is 4.79 Å². The number of para-hydroxylation sites is 1. The van der Waals surface area contributed by atoms with Gasteiger partial charge in [0.2, 0.25) is 0 Å². The molecule has 0 spiro atoms. The van der Waals surface area contributed by atoms with Crippen LogP contribution < -0.4 is 5.73 Å². The highest BCUT2D eigenvalue weighted by Crippen LogP contribution is 2.18. The molecule has 5 nitrogen and oxygen atoms in total. The number of fused-ring (bicyclic) bond motifs is 1. The van der Waals surface area contributed by atoms with Gasteiger partial charge in [0.15, 0.2) is 0 Å². The number of H-pyrrole nitrogens is 1. The van der Waals surface area contributed by atoms with E-state index in [4.69, 9.17) is 10.5 Å². The van der Waals surface area contributed by atoms with Gasteiger partial charge in [0.1, 0.15) is 6.04 Å². The summed E-state index contributed by atoms with van der Waals surface area (Å²) in [6, 6.07) is 6.93. The first-order chi connectivity index (χ1) is 9.61. The second-order valence-corrected chi connectivity index (χ2v) is 4.71. The summed E-state index contributed by atoms with van der Waals surface area (Å²) in [7, 11) is 0. The Hall–Kier alpha value is -2.14. The second kappa shape index (κ2) is 6.34. The van der Waals surface area contributed by atoms with Gasteiger partial charge in [-0.2, -0.15) is 0 Å². The summed E-state index contributed by atoms with van der Waals surface area (Å²) in [6.45, 7) is 1.84. The van der Waals surface area contributed by atoms with Crippen LogP contribution in [-0.2, 0) is 20.7 Å². The van der Waals surface area contributed by atoms with Gasteiger partial charge in [0.05, 0.1) is 0 Å². The fraction of sp³-hybridized carbons (Fsp3) is 0.333. The Kier molecular flexibility index (Phi) is 4.53. The standard InChI is InChI=1S/C15H18N2O3/c1-2-5-14(18)20-15(19)12(16)8-10-9-17-13-7-4-3-6-11(10)13/h3-4,6-7,9,12,17H,2,5,8,16H2,1H3/t12-/m0/s1. The molecule has 1 atom stereocenters. The Bertz CT molecular complexity index is 618. The zero-order valence-electron chi connectivity index (χ0n) is 11.4. The summed E-state index contributed by atoms with van der Waals surface area (Å²) in [5.41, 5.74) is 7.73. The molecular weight excluding hydrogens is 256 g/mol. The van der Waals surface area contributed by atoms with Crippen molar-refractivity contribution < 1.29 is 14.3 Å². The third-order valence-electron chi connectivity index (χ3n) is 3.09. The predicted octanol–water partition coefficient (Wildman–Crippen LogP) is 1.91. The van der Waals surface area contributed by atoms with E-state index in [1.165, 1.54) is 0 Å². The number of nitrogens with one attached hydrogen (secondary N) is 1. The quantitative estimate of drug-likeness (QED) is 0.644.